The van der Waals surface area contributed by atoms with Crippen LogP contribution in [0.5, 0.6) is 0 Å². The summed E-state index contributed by atoms with van der Waals surface area (Å²) >= 11 is 3.62. The topological polar surface area (TPSA) is 15.3 Å². The van der Waals surface area contributed by atoms with Gasteiger partial charge < -0.3 is 10.2 Å². The van der Waals surface area contributed by atoms with E-state index in [4.69, 9.17) is 0 Å². The first kappa shape index (κ1) is 15.8. The van der Waals surface area contributed by atoms with Crippen LogP contribution in [-0.4, -0.2) is 17.6 Å². The average Bonchev–Trinajstić information content (AvgIpc) is 2.66. The second-order valence-corrected chi connectivity index (χ2v) is 8.36. The summed E-state index contributed by atoms with van der Waals surface area (Å²) in [5, 5.41) is 3.61. The van der Waals surface area contributed by atoms with Crippen LogP contribution >= 0.6 is 15.9 Å². The number of hydrogen-bond acceptors (Lipinski definition) is 2. The van der Waals surface area contributed by atoms with Crippen molar-refractivity contribution in [2.45, 2.75) is 65.1 Å². The largest absolute Gasteiger partial charge is 0.366 e. The van der Waals surface area contributed by atoms with Gasteiger partial charge in [-0.05, 0) is 65.2 Å². The van der Waals surface area contributed by atoms with Gasteiger partial charge in [-0.1, -0.05) is 22.0 Å². The van der Waals surface area contributed by atoms with Crippen LogP contribution in [0.25, 0.3) is 0 Å². The zero-order chi connectivity index (χ0) is 15.0. The van der Waals surface area contributed by atoms with Gasteiger partial charge in [0.15, 0.2) is 0 Å². The van der Waals surface area contributed by atoms with Gasteiger partial charge in [-0.3, -0.25) is 0 Å². The first-order valence-corrected chi connectivity index (χ1v) is 8.29. The lowest BCUT2D eigenvalue weighted by atomic mass is 10.00. The van der Waals surface area contributed by atoms with Crippen LogP contribution in [0.15, 0.2) is 22.7 Å². The molecule has 0 bridgehead atoms. The summed E-state index contributed by atoms with van der Waals surface area (Å²) in [6, 6.07) is 6.66. The predicted molar refractivity (Wildman–Crippen MR) is 91.4 cm³/mol. The highest BCUT2D eigenvalue weighted by Gasteiger charge is 2.33. The Morgan fingerprint density at radius 2 is 2.00 bits per heavy atom. The lowest BCUT2D eigenvalue weighted by Gasteiger charge is -2.36. The molecule has 1 fully saturated rings. The molecule has 0 aromatic heterocycles. The first-order chi connectivity index (χ1) is 9.19. The Balaban J connectivity index is 2.29. The number of nitrogens with one attached hydrogen (secondary N) is 1. The van der Waals surface area contributed by atoms with Gasteiger partial charge >= 0.3 is 0 Å². The molecule has 0 aliphatic carbocycles. The number of hydrogen-bond donors (Lipinski definition) is 1. The summed E-state index contributed by atoms with van der Waals surface area (Å²) in [5.74, 6) is 0. The molecule has 2 nitrogen and oxygen atoms in total. The van der Waals surface area contributed by atoms with E-state index in [2.05, 4.69) is 79.0 Å². The van der Waals surface area contributed by atoms with Gasteiger partial charge in [-0.25, -0.2) is 0 Å². The number of anilines is 1. The molecule has 1 aromatic carbocycles. The average molecular weight is 339 g/mol. The summed E-state index contributed by atoms with van der Waals surface area (Å²) in [7, 11) is 0. The molecule has 0 radical (unpaired) electrons. The van der Waals surface area contributed by atoms with E-state index in [0.717, 1.165) is 17.6 Å². The van der Waals surface area contributed by atoms with Crippen molar-refractivity contribution < 1.29 is 0 Å². The first-order valence-electron chi connectivity index (χ1n) is 7.50. The molecule has 1 saturated heterocycles. The zero-order valence-corrected chi connectivity index (χ0v) is 15.0. The van der Waals surface area contributed by atoms with E-state index in [1.54, 1.807) is 0 Å². The quantitative estimate of drug-likeness (QED) is 0.857. The minimum Gasteiger partial charge on any atom is -0.366 e. The van der Waals surface area contributed by atoms with Crippen molar-refractivity contribution in [3.63, 3.8) is 0 Å². The summed E-state index contributed by atoms with van der Waals surface area (Å²) in [6.07, 6.45) is 2.55. The van der Waals surface area contributed by atoms with Crippen molar-refractivity contribution >= 4 is 21.6 Å². The SMILES string of the molecule is CC(C)(C)NCc1ccc(Br)cc1N1CCCC1(C)C. The third kappa shape index (κ3) is 3.76. The number of rotatable bonds is 3. The van der Waals surface area contributed by atoms with Gasteiger partial charge in [0.05, 0.1) is 0 Å². The molecule has 0 saturated carbocycles. The summed E-state index contributed by atoms with van der Waals surface area (Å²) < 4.78 is 1.16. The lowest BCUT2D eigenvalue weighted by Crippen LogP contribution is -2.40. The van der Waals surface area contributed by atoms with Crippen molar-refractivity contribution in [3.8, 4) is 0 Å². The Labute approximate surface area is 132 Å². The van der Waals surface area contributed by atoms with Crippen LogP contribution in [0.2, 0.25) is 0 Å². The van der Waals surface area contributed by atoms with Gasteiger partial charge in [-0.15, -0.1) is 0 Å². The molecule has 1 N–H and O–H groups in total. The Morgan fingerprint density at radius 1 is 1.30 bits per heavy atom. The second-order valence-electron chi connectivity index (χ2n) is 7.44. The molecule has 0 unspecified atom stereocenters. The predicted octanol–water partition coefficient (Wildman–Crippen LogP) is 4.72. The molecule has 2 rings (SSSR count). The molecule has 0 atom stereocenters. The van der Waals surface area contributed by atoms with Crippen LogP contribution in [0.1, 0.15) is 53.0 Å². The Bertz CT molecular complexity index is 474. The summed E-state index contributed by atoms with van der Waals surface area (Å²) in [5.41, 5.74) is 3.17. The van der Waals surface area contributed by atoms with E-state index in [1.807, 2.05) is 0 Å². The van der Waals surface area contributed by atoms with Crippen LogP contribution in [0, 0.1) is 0 Å². The van der Waals surface area contributed by atoms with Crippen molar-refractivity contribution in [1.29, 1.82) is 0 Å². The fourth-order valence-corrected chi connectivity index (χ4v) is 3.20. The molecule has 112 valence electrons. The number of benzene rings is 1. The maximum atomic E-state index is 3.62. The zero-order valence-electron chi connectivity index (χ0n) is 13.4. The summed E-state index contributed by atoms with van der Waals surface area (Å²) in [6.45, 7) is 13.4. The van der Waals surface area contributed by atoms with Gasteiger partial charge in [0, 0.05) is 34.3 Å². The maximum absolute atomic E-state index is 3.62. The van der Waals surface area contributed by atoms with Crippen molar-refractivity contribution in [3.05, 3.63) is 28.2 Å². The van der Waals surface area contributed by atoms with Crippen LogP contribution in [0.4, 0.5) is 5.69 Å². The third-order valence-corrected chi connectivity index (χ3v) is 4.54. The van der Waals surface area contributed by atoms with E-state index in [0.29, 0.717) is 0 Å². The Kier molecular flexibility index (Phi) is 4.50. The minimum absolute atomic E-state index is 0.144. The molecule has 1 aromatic rings. The highest BCUT2D eigenvalue weighted by molar-refractivity contribution is 9.10. The number of nitrogens with zero attached hydrogens (tertiary/aromatic N) is 1. The maximum Gasteiger partial charge on any atom is 0.0427 e. The molecule has 1 heterocycles. The van der Waals surface area contributed by atoms with Gasteiger partial charge in [-0.2, -0.15) is 0 Å². The van der Waals surface area contributed by atoms with Crippen LogP contribution in [0.3, 0.4) is 0 Å². The smallest absolute Gasteiger partial charge is 0.0427 e. The van der Waals surface area contributed by atoms with Crippen molar-refractivity contribution in [1.82, 2.24) is 5.32 Å². The molecule has 1 aliphatic heterocycles. The van der Waals surface area contributed by atoms with Gasteiger partial charge in [0.25, 0.3) is 0 Å². The van der Waals surface area contributed by atoms with E-state index in [1.165, 1.54) is 24.1 Å². The molecular formula is C17H27BrN2. The molecular weight excluding hydrogens is 312 g/mol. The second kappa shape index (κ2) is 5.69. The Hall–Kier alpha value is -0.540. The standard InChI is InChI=1S/C17H27BrN2/c1-16(2,3)19-12-13-7-8-14(18)11-15(13)20-10-6-9-17(20,4)5/h7-8,11,19H,6,9-10,12H2,1-5H3. The van der Waals surface area contributed by atoms with Crippen LogP contribution < -0.4 is 10.2 Å². The van der Waals surface area contributed by atoms with Gasteiger partial charge in [0.1, 0.15) is 0 Å². The normalized spacial score (nSPS) is 18.6. The highest BCUT2D eigenvalue weighted by atomic mass is 79.9. The minimum atomic E-state index is 0.144. The monoisotopic (exact) mass is 338 g/mol. The fraction of sp³-hybridized carbons (Fsp3) is 0.647. The van der Waals surface area contributed by atoms with Crippen molar-refractivity contribution in [2.24, 2.45) is 0 Å². The van der Waals surface area contributed by atoms with E-state index in [-0.39, 0.29) is 11.1 Å². The molecule has 0 spiro atoms. The lowest BCUT2D eigenvalue weighted by molar-refractivity contribution is 0.423. The van der Waals surface area contributed by atoms with Crippen molar-refractivity contribution in [2.75, 3.05) is 11.4 Å². The summed E-state index contributed by atoms with van der Waals surface area (Å²) in [4.78, 5) is 2.57. The van der Waals surface area contributed by atoms with E-state index < -0.39 is 0 Å². The number of halogens is 1. The molecule has 20 heavy (non-hydrogen) atoms. The van der Waals surface area contributed by atoms with E-state index >= 15 is 0 Å². The fourth-order valence-electron chi connectivity index (χ4n) is 2.85. The van der Waals surface area contributed by atoms with E-state index in [9.17, 15) is 0 Å². The van der Waals surface area contributed by atoms with Gasteiger partial charge in [0.2, 0.25) is 0 Å². The third-order valence-electron chi connectivity index (χ3n) is 4.05. The molecule has 1 aliphatic rings. The molecule has 3 heteroatoms. The molecule has 0 amide bonds. The Morgan fingerprint density at radius 3 is 2.55 bits per heavy atom. The highest BCUT2D eigenvalue weighted by Crippen LogP contribution is 2.37. The van der Waals surface area contributed by atoms with Crippen LogP contribution in [-0.2, 0) is 6.54 Å².